The van der Waals surface area contributed by atoms with Crippen molar-refractivity contribution in [2.45, 2.75) is 64.5 Å². The monoisotopic (exact) mass is 281 g/mol. The largest absolute Gasteiger partial charge is 0.353 e. The number of hydrogen-bond donors (Lipinski definition) is 2. The first-order valence-corrected chi connectivity index (χ1v) is 8.49. The number of nitrogens with zero attached hydrogens (tertiary/aromatic N) is 1. The maximum atomic E-state index is 12.3. The lowest BCUT2D eigenvalue weighted by Crippen LogP contribution is -2.46. The second kappa shape index (κ2) is 7.99. The van der Waals surface area contributed by atoms with E-state index in [4.69, 9.17) is 0 Å². The van der Waals surface area contributed by atoms with Gasteiger partial charge >= 0.3 is 0 Å². The van der Waals surface area contributed by atoms with Crippen molar-refractivity contribution in [3.8, 4) is 0 Å². The maximum Gasteiger partial charge on any atom is 0.223 e. The summed E-state index contributed by atoms with van der Waals surface area (Å²) in [6.45, 7) is 8.70. The molecular weight excluding hydrogens is 250 g/mol. The van der Waals surface area contributed by atoms with Crippen LogP contribution in [-0.4, -0.2) is 49.1 Å². The summed E-state index contributed by atoms with van der Waals surface area (Å²) in [6, 6.07) is 1.09. The highest BCUT2D eigenvalue weighted by Gasteiger charge is 2.27. The average molecular weight is 281 g/mol. The minimum atomic E-state index is 0.254. The van der Waals surface area contributed by atoms with E-state index in [1.54, 1.807) is 0 Å². The molecule has 1 saturated heterocycles. The van der Waals surface area contributed by atoms with Gasteiger partial charge in [-0.05, 0) is 64.7 Å². The minimum absolute atomic E-state index is 0.254. The Kier molecular flexibility index (Phi) is 6.30. The fourth-order valence-electron chi connectivity index (χ4n) is 3.56. The lowest BCUT2D eigenvalue weighted by Gasteiger charge is -2.33. The predicted molar refractivity (Wildman–Crippen MR) is 82.7 cm³/mol. The molecule has 1 aliphatic heterocycles. The number of rotatable bonds is 5. The van der Waals surface area contributed by atoms with Gasteiger partial charge in [0.25, 0.3) is 0 Å². The van der Waals surface area contributed by atoms with E-state index in [1.165, 1.54) is 12.8 Å². The van der Waals surface area contributed by atoms with E-state index in [-0.39, 0.29) is 5.92 Å². The Balaban J connectivity index is 1.68. The molecule has 0 bridgehead atoms. The molecular formula is C16H31N3O. The minimum Gasteiger partial charge on any atom is -0.353 e. The van der Waals surface area contributed by atoms with E-state index in [0.29, 0.717) is 18.0 Å². The lowest BCUT2D eigenvalue weighted by molar-refractivity contribution is -0.127. The molecule has 0 aromatic rings. The molecule has 4 nitrogen and oxygen atoms in total. The van der Waals surface area contributed by atoms with Crippen LogP contribution in [0.25, 0.3) is 0 Å². The van der Waals surface area contributed by atoms with Gasteiger partial charge in [-0.2, -0.15) is 0 Å². The summed E-state index contributed by atoms with van der Waals surface area (Å²) < 4.78 is 0. The smallest absolute Gasteiger partial charge is 0.223 e. The molecule has 20 heavy (non-hydrogen) atoms. The highest BCUT2D eigenvalue weighted by Crippen LogP contribution is 2.21. The zero-order valence-electron chi connectivity index (χ0n) is 13.2. The van der Waals surface area contributed by atoms with Gasteiger partial charge in [-0.15, -0.1) is 0 Å². The SMILES string of the molecule is CCNC1CCC(NC(=O)C2CCN(CC)CC2)CC1. The summed E-state index contributed by atoms with van der Waals surface area (Å²) in [5.74, 6) is 0.567. The number of carbonyl (C=O) groups excluding carboxylic acids is 1. The van der Waals surface area contributed by atoms with E-state index in [9.17, 15) is 4.79 Å². The van der Waals surface area contributed by atoms with Gasteiger partial charge in [0, 0.05) is 18.0 Å². The quantitative estimate of drug-likeness (QED) is 0.807. The molecule has 1 heterocycles. The second-order valence-electron chi connectivity index (χ2n) is 6.32. The van der Waals surface area contributed by atoms with Gasteiger partial charge in [0.1, 0.15) is 0 Å². The first-order chi connectivity index (χ1) is 9.72. The van der Waals surface area contributed by atoms with E-state index >= 15 is 0 Å². The Morgan fingerprint density at radius 2 is 1.60 bits per heavy atom. The van der Waals surface area contributed by atoms with Crippen molar-refractivity contribution in [2.24, 2.45) is 5.92 Å². The standard InChI is InChI=1S/C16H31N3O/c1-3-17-14-5-7-15(8-6-14)18-16(20)13-9-11-19(4-2)12-10-13/h13-15,17H,3-12H2,1-2H3,(H,18,20). The van der Waals surface area contributed by atoms with Crippen molar-refractivity contribution in [3.63, 3.8) is 0 Å². The van der Waals surface area contributed by atoms with Crippen LogP contribution in [0.1, 0.15) is 52.4 Å². The molecule has 0 aromatic carbocycles. The van der Waals surface area contributed by atoms with Gasteiger partial charge in [0.2, 0.25) is 5.91 Å². The number of hydrogen-bond acceptors (Lipinski definition) is 3. The molecule has 0 spiro atoms. The molecule has 0 unspecified atom stereocenters. The zero-order chi connectivity index (χ0) is 14.4. The van der Waals surface area contributed by atoms with Gasteiger partial charge in [0.05, 0.1) is 0 Å². The predicted octanol–water partition coefficient (Wildman–Crippen LogP) is 1.76. The summed E-state index contributed by atoms with van der Waals surface area (Å²) in [4.78, 5) is 14.8. The maximum absolute atomic E-state index is 12.3. The summed E-state index contributed by atoms with van der Waals surface area (Å²) in [6.07, 6.45) is 6.74. The summed E-state index contributed by atoms with van der Waals surface area (Å²) in [5.41, 5.74) is 0. The van der Waals surface area contributed by atoms with Crippen LogP contribution in [-0.2, 0) is 4.79 Å². The second-order valence-corrected chi connectivity index (χ2v) is 6.32. The lowest BCUT2D eigenvalue weighted by atomic mass is 9.89. The normalized spacial score (nSPS) is 29.3. The number of carbonyl (C=O) groups is 1. The van der Waals surface area contributed by atoms with Gasteiger partial charge in [-0.25, -0.2) is 0 Å². The van der Waals surface area contributed by atoms with Crippen LogP contribution in [0.5, 0.6) is 0 Å². The van der Waals surface area contributed by atoms with E-state index < -0.39 is 0 Å². The van der Waals surface area contributed by atoms with Crippen LogP contribution < -0.4 is 10.6 Å². The van der Waals surface area contributed by atoms with Crippen LogP contribution in [0.15, 0.2) is 0 Å². The van der Waals surface area contributed by atoms with Gasteiger partial charge in [0.15, 0.2) is 0 Å². The van der Waals surface area contributed by atoms with Crippen LogP contribution in [0, 0.1) is 5.92 Å². The third kappa shape index (κ3) is 4.45. The zero-order valence-corrected chi connectivity index (χ0v) is 13.2. The number of amides is 1. The average Bonchev–Trinajstić information content (AvgIpc) is 2.49. The summed E-state index contributed by atoms with van der Waals surface area (Å²) >= 11 is 0. The Morgan fingerprint density at radius 3 is 2.15 bits per heavy atom. The highest BCUT2D eigenvalue weighted by molar-refractivity contribution is 5.79. The molecule has 1 amide bonds. The molecule has 0 radical (unpaired) electrons. The molecule has 2 fully saturated rings. The fourth-order valence-corrected chi connectivity index (χ4v) is 3.56. The van der Waals surface area contributed by atoms with Gasteiger partial charge < -0.3 is 15.5 Å². The molecule has 2 N–H and O–H groups in total. The summed E-state index contributed by atoms with van der Waals surface area (Å²) in [7, 11) is 0. The molecule has 1 saturated carbocycles. The molecule has 116 valence electrons. The van der Waals surface area contributed by atoms with Crippen molar-refractivity contribution in [3.05, 3.63) is 0 Å². The van der Waals surface area contributed by atoms with Crippen molar-refractivity contribution in [1.29, 1.82) is 0 Å². The van der Waals surface area contributed by atoms with E-state index in [0.717, 1.165) is 51.9 Å². The van der Waals surface area contributed by atoms with Crippen LogP contribution in [0.2, 0.25) is 0 Å². The van der Waals surface area contributed by atoms with E-state index in [1.807, 2.05) is 0 Å². The Labute approximate surface area is 123 Å². The Morgan fingerprint density at radius 1 is 1.00 bits per heavy atom. The van der Waals surface area contributed by atoms with Crippen LogP contribution >= 0.6 is 0 Å². The third-order valence-corrected chi connectivity index (χ3v) is 4.97. The number of likely N-dealkylation sites (tertiary alicyclic amines) is 1. The van der Waals surface area contributed by atoms with Crippen molar-refractivity contribution < 1.29 is 4.79 Å². The molecule has 1 aliphatic carbocycles. The number of nitrogens with one attached hydrogen (secondary N) is 2. The third-order valence-electron chi connectivity index (χ3n) is 4.97. The molecule has 4 heteroatoms. The highest BCUT2D eigenvalue weighted by atomic mass is 16.1. The van der Waals surface area contributed by atoms with E-state index in [2.05, 4.69) is 29.4 Å². The first kappa shape index (κ1) is 15.8. The molecule has 0 atom stereocenters. The van der Waals surface area contributed by atoms with Crippen LogP contribution in [0.4, 0.5) is 0 Å². The van der Waals surface area contributed by atoms with Gasteiger partial charge in [-0.3, -0.25) is 4.79 Å². The molecule has 0 aromatic heterocycles. The topological polar surface area (TPSA) is 44.4 Å². The van der Waals surface area contributed by atoms with Crippen molar-refractivity contribution >= 4 is 5.91 Å². The first-order valence-electron chi connectivity index (χ1n) is 8.49. The van der Waals surface area contributed by atoms with Crippen molar-refractivity contribution in [2.75, 3.05) is 26.2 Å². The number of piperidine rings is 1. The Hall–Kier alpha value is -0.610. The molecule has 2 rings (SSSR count). The molecule has 2 aliphatic rings. The summed E-state index contributed by atoms with van der Waals surface area (Å²) in [5, 5.41) is 6.81. The van der Waals surface area contributed by atoms with Gasteiger partial charge in [-0.1, -0.05) is 13.8 Å². The van der Waals surface area contributed by atoms with Crippen molar-refractivity contribution in [1.82, 2.24) is 15.5 Å². The fraction of sp³-hybridized carbons (Fsp3) is 0.938. The van der Waals surface area contributed by atoms with Crippen LogP contribution in [0.3, 0.4) is 0 Å². The Bertz CT molecular complexity index is 292.